The molecule has 1 unspecified atom stereocenters. The number of rotatable bonds is 0. The van der Waals surface area contributed by atoms with Crippen LogP contribution in [0, 0.1) is 11.8 Å². The number of carbonyl (C=O) groups excluding carboxylic acids is 1. The molecule has 1 aliphatic carbocycles. The van der Waals surface area contributed by atoms with E-state index in [1.54, 1.807) is 4.90 Å². The molecule has 4 nitrogen and oxygen atoms in total. The van der Waals surface area contributed by atoms with Crippen LogP contribution in [-0.4, -0.2) is 35.2 Å². The summed E-state index contributed by atoms with van der Waals surface area (Å²) in [6.07, 6.45) is 1.54. The van der Waals surface area contributed by atoms with Crippen molar-refractivity contribution in [1.82, 2.24) is 4.90 Å². The van der Waals surface area contributed by atoms with Crippen LogP contribution in [0.1, 0.15) is 12.8 Å². The summed E-state index contributed by atoms with van der Waals surface area (Å²) in [7, 11) is 0. The fourth-order valence-electron chi connectivity index (χ4n) is 2.83. The lowest BCUT2D eigenvalue weighted by molar-refractivity contribution is 0.162. The average Bonchev–Trinajstić information content (AvgIpc) is 2.89. The first-order chi connectivity index (χ1) is 8.66. The van der Waals surface area contributed by atoms with Gasteiger partial charge < -0.3 is 15.7 Å². The fourth-order valence-corrected chi connectivity index (χ4v) is 2.83. The Morgan fingerprint density at radius 1 is 1.00 bits per heavy atom. The molecule has 1 aromatic carbocycles. The third-order valence-corrected chi connectivity index (χ3v) is 3.70. The van der Waals surface area contributed by atoms with E-state index in [1.165, 1.54) is 0 Å². The van der Waals surface area contributed by atoms with Crippen LogP contribution < -0.4 is 5.73 Å². The van der Waals surface area contributed by atoms with Crippen molar-refractivity contribution in [1.29, 1.82) is 0 Å². The van der Waals surface area contributed by atoms with E-state index in [9.17, 15) is 9.90 Å². The second-order valence-corrected chi connectivity index (χ2v) is 5.04. The number of benzene rings is 1. The van der Waals surface area contributed by atoms with Crippen LogP contribution in [0.3, 0.4) is 0 Å². The Bertz CT molecular complexity index is 342. The van der Waals surface area contributed by atoms with E-state index in [1.807, 2.05) is 36.4 Å². The molecule has 0 spiro atoms. The molecule has 3 N–H and O–H groups in total. The molecule has 2 fully saturated rings. The van der Waals surface area contributed by atoms with Gasteiger partial charge >= 0.3 is 6.03 Å². The zero-order chi connectivity index (χ0) is 13.0. The van der Waals surface area contributed by atoms with Gasteiger partial charge in [-0.05, 0) is 24.7 Å². The van der Waals surface area contributed by atoms with Crippen molar-refractivity contribution in [3.8, 4) is 0 Å². The molecule has 3 rings (SSSR count). The topological polar surface area (TPSA) is 66.6 Å². The van der Waals surface area contributed by atoms with Crippen LogP contribution in [0.5, 0.6) is 0 Å². The summed E-state index contributed by atoms with van der Waals surface area (Å²) in [4.78, 5) is 12.5. The second-order valence-electron chi connectivity index (χ2n) is 5.04. The number of aliphatic hydroxyl groups is 1. The molecule has 1 aliphatic heterocycles. The number of hydrogen-bond donors (Lipinski definition) is 2. The molecule has 2 amide bonds. The number of amides is 2. The number of fused-ring (bicyclic) bond motifs is 1. The number of nitrogens with two attached hydrogens (primary N) is 1. The minimum absolute atomic E-state index is 0.143. The predicted octanol–water partition coefficient (Wildman–Crippen LogP) is 1.45. The molecule has 3 atom stereocenters. The molecule has 1 saturated carbocycles. The van der Waals surface area contributed by atoms with Crippen molar-refractivity contribution in [3.05, 3.63) is 36.4 Å². The Balaban J connectivity index is 0.000000169. The lowest BCUT2D eigenvalue weighted by Gasteiger charge is -2.14. The van der Waals surface area contributed by atoms with Gasteiger partial charge in [-0.3, -0.25) is 0 Å². The zero-order valence-electron chi connectivity index (χ0n) is 10.4. The number of primary amides is 1. The fraction of sp³-hybridized carbons (Fsp3) is 0.500. The molecule has 0 radical (unpaired) electrons. The number of carbonyl (C=O) groups is 1. The summed E-state index contributed by atoms with van der Waals surface area (Å²) < 4.78 is 0. The van der Waals surface area contributed by atoms with Crippen molar-refractivity contribution >= 4 is 6.03 Å². The maximum Gasteiger partial charge on any atom is 0.314 e. The van der Waals surface area contributed by atoms with E-state index in [0.717, 1.165) is 25.9 Å². The molecule has 1 saturated heterocycles. The minimum Gasteiger partial charge on any atom is -0.393 e. The molecule has 98 valence electrons. The van der Waals surface area contributed by atoms with Gasteiger partial charge in [0.2, 0.25) is 0 Å². The summed E-state index contributed by atoms with van der Waals surface area (Å²) in [5.41, 5.74) is 5.16. The first-order valence-corrected chi connectivity index (χ1v) is 6.39. The van der Waals surface area contributed by atoms with E-state index in [2.05, 4.69) is 0 Å². The van der Waals surface area contributed by atoms with Gasteiger partial charge in [0.05, 0.1) is 6.10 Å². The van der Waals surface area contributed by atoms with E-state index in [-0.39, 0.29) is 12.1 Å². The highest BCUT2D eigenvalue weighted by atomic mass is 16.3. The number of aliphatic hydroxyl groups excluding tert-OH is 1. The predicted molar refractivity (Wildman–Crippen MR) is 69.8 cm³/mol. The van der Waals surface area contributed by atoms with Gasteiger partial charge in [-0.25, -0.2) is 4.79 Å². The van der Waals surface area contributed by atoms with Gasteiger partial charge in [-0.2, -0.15) is 0 Å². The molecule has 18 heavy (non-hydrogen) atoms. The van der Waals surface area contributed by atoms with Crippen LogP contribution in [0.15, 0.2) is 36.4 Å². The lowest BCUT2D eigenvalue weighted by atomic mass is 10.0. The third kappa shape index (κ3) is 3.23. The number of likely N-dealkylation sites (tertiary alicyclic amines) is 1. The van der Waals surface area contributed by atoms with Crippen molar-refractivity contribution in [2.75, 3.05) is 13.1 Å². The van der Waals surface area contributed by atoms with Gasteiger partial charge in [0.1, 0.15) is 0 Å². The Hall–Kier alpha value is -1.55. The van der Waals surface area contributed by atoms with Gasteiger partial charge in [-0.1, -0.05) is 36.4 Å². The van der Waals surface area contributed by atoms with E-state index >= 15 is 0 Å². The molecule has 1 heterocycles. The van der Waals surface area contributed by atoms with Gasteiger partial charge in [0, 0.05) is 13.1 Å². The van der Waals surface area contributed by atoms with Crippen molar-refractivity contribution < 1.29 is 9.90 Å². The normalized spacial score (nSPS) is 29.4. The largest absolute Gasteiger partial charge is 0.393 e. The summed E-state index contributed by atoms with van der Waals surface area (Å²) >= 11 is 0. The van der Waals surface area contributed by atoms with Crippen molar-refractivity contribution in [2.45, 2.75) is 18.9 Å². The lowest BCUT2D eigenvalue weighted by Crippen LogP contribution is -2.34. The van der Waals surface area contributed by atoms with Crippen LogP contribution in [0.25, 0.3) is 0 Å². The van der Waals surface area contributed by atoms with Crippen LogP contribution in [0.4, 0.5) is 4.79 Å². The molecule has 0 bridgehead atoms. The standard InChI is InChI=1S/C8H14N2O2.C6H6/c9-8(12)10-3-5-1-7(11)2-6(5)4-10;1-2-4-6-5-3-1/h5-7,11H,1-4H2,(H2,9,12);1-6H/t5-,6+,7?;. The Morgan fingerprint density at radius 2 is 1.39 bits per heavy atom. The maximum absolute atomic E-state index is 10.8. The maximum atomic E-state index is 10.8. The van der Waals surface area contributed by atoms with E-state index in [4.69, 9.17) is 5.73 Å². The zero-order valence-corrected chi connectivity index (χ0v) is 10.4. The number of nitrogens with zero attached hydrogens (tertiary/aromatic N) is 1. The van der Waals surface area contributed by atoms with Gasteiger partial charge in [0.15, 0.2) is 0 Å². The molecule has 2 aliphatic rings. The SMILES string of the molecule is NC(=O)N1C[C@H]2CC(O)C[C@H]2C1.c1ccccc1. The average molecular weight is 248 g/mol. The highest BCUT2D eigenvalue weighted by Gasteiger charge is 2.41. The van der Waals surface area contributed by atoms with Gasteiger partial charge in [0.25, 0.3) is 0 Å². The number of hydrogen-bond acceptors (Lipinski definition) is 2. The minimum atomic E-state index is -0.320. The highest BCUT2D eigenvalue weighted by Crippen LogP contribution is 2.37. The first-order valence-electron chi connectivity index (χ1n) is 6.39. The monoisotopic (exact) mass is 248 g/mol. The van der Waals surface area contributed by atoms with Gasteiger partial charge in [-0.15, -0.1) is 0 Å². The summed E-state index contributed by atoms with van der Waals surface area (Å²) in [6.45, 7) is 1.49. The van der Waals surface area contributed by atoms with Crippen LogP contribution >= 0.6 is 0 Å². The Labute approximate surface area is 107 Å². The second kappa shape index (κ2) is 5.87. The summed E-state index contributed by atoms with van der Waals surface area (Å²) in [5, 5.41) is 9.33. The summed E-state index contributed by atoms with van der Waals surface area (Å²) in [6, 6.07) is 11.7. The smallest absolute Gasteiger partial charge is 0.314 e. The van der Waals surface area contributed by atoms with Crippen LogP contribution in [-0.2, 0) is 0 Å². The molecule has 0 aromatic heterocycles. The number of urea groups is 1. The Kier molecular flexibility index (Phi) is 4.20. The van der Waals surface area contributed by atoms with E-state index in [0.29, 0.717) is 11.8 Å². The molecule has 4 heteroatoms. The van der Waals surface area contributed by atoms with E-state index < -0.39 is 0 Å². The molecular weight excluding hydrogens is 228 g/mol. The first kappa shape index (κ1) is 12.9. The van der Waals surface area contributed by atoms with Crippen molar-refractivity contribution in [2.24, 2.45) is 17.6 Å². The quantitative estimate of drug-likeness (QED) is 0.730. The van der Waals surface area contributed by atoms with Crippen LogP contribution in [0.2, 0.25) is 0 Å². The summed E-state index contributed by atoms with van der Waals surface area (Å²) in [5.74, 6) is 0.986. The molecule has 1 aromatic rings. The molecular formula is C14H20N2O2. The Morgan fingerprint density at radius 3 is 1.72 bits per heavy atom. The highest BCUT2D eigenvalue weighted by molar-refractivity contribution is 5.72. The third-order valence-electron chi connectivity index (χ3n) is 3.70. The van der Waals surface area contributed by atoms with Crippen molar-refractivity contribution in [3.63, 3.8) is 0 Å².